The number of hydrazine groups is 1. The van der Waals surface area contributed by atoms with Crippen LogP contribution in [-0.2, 0) is 19.2 Å². The lowest BCUT2D eigenvalue weighted by molar-refractivity contribution is -0.148. The fraction of sp³-hybridized carbons (Fsp3) is 0.750. The molecule has 1 rings (SSSR count). The molecule has 0 radical (unpaired) electrons. The zero-order chi connectivity index (χ0) is 18.9. The van der Waals surface area contributed by atoms with Gasteiger partial charge in [-0.3, -0.25) is 24.6 Å². The van der Waals surface area contributed by atoms with Crippen LogP contribution in [0.25, 0.3) is 0 Å². The number of hydrogen-bond acceptors (Lipinski definition) is 6. The number of thioether (sulfide) groups is 1. The molecule has 0 aromatic rings. The monoisotopic (exact) mass is 358 g/mol. The highest BCUT2D eigenvalue weighted by molar-refractivity contribution is 8.14. The van der Waals surface area contributed by atoms with Gasteiger partial charge in [-0.1, -0.05) is 39.5 Å². The summed E-state index contributed by atoms with van der Waals surface area (Å²) in [4.78, 5) is 48.4. The lowest BCUT2D eigenvalue weighted by atomic mass is 9.83. The molecule has 1 atom stereocenters. The Kier molecular flexibility index (Phi) is 6.21. The minimum absolute atomic E-state index is 0.133. The van der Waals surface area contributed by atoms with Gasteiger partial charge >= 0.3 is 0 Å². The van der Waals surface area contributed by atoms with Crippen LogP contribution in [0.3, 0.4) is 0 Å². The van der Waals surface area contributed by atoms with Gasteiger partial charge in [0.25, 0.3) is 5.91 Å². The second-order valence-corrected chi connectivity index (χ2v) is 8.84. The summed E-state index contributed by atoms with van der Waals surface area (Å²) >= 11 is 0.793. The maximum Gasteiger partial charge on any atom is 0.262 e. The lowest BCUT2D eigenvalue weighted by Crippen LogP contribution is -2.48. The largest absolute Gasteiger partial charge is 0.390 e. The van der Waals surface area contributed by atoms with Crippen molar-refractivity contribution < 1.29 is 24.3 Å². The maximum atomic E-state index is 12.5. The van der Waals surface area contributed by atoms with Crippen molar-refractivity contribution in [2.75, 3.05) is 0 Å². The minimum atomic E-state index is -1.02. The fourth-order valence-corrected chi connectivity index (χ4v) is 3.58. The van der Waals surface area contributed by atoms with Gasteiger partial charge in [0.2, 0.25) is 11.8 Å². The van der Waals surface area contributed by atoms with Crippen molar-refractivity contribution in [3.8, 4) is 0 Å². The van der Waals surface area contributed by atoms with Gasteiger partial charge in [0.15, 0.2) is 5.12 Å². The van der Waals surface area contributed by atoms with Gasteiger partial charge in [0, 0.05) is 11.3 Å². The number of carbonyl (C=O) groups is 4. The first-order valence-electron chi connectivity index (χ1n) is 7.85. The second kappa shape index (κ2) is 7.23. The van der Waals surface area contributed by atoms with E-state index in [-0.39, 0.29) is 23.9 Å². The van der Waals surface area contributed by atoms with Crippen molar-refractivity contribution in [2.45, 2.75) is 65.2 Å². The van der Waals surface area contributed by atoms with Crippen molar-refractivity contribution in [3.05, 3.63) is 0 Å². The number of rotatable bonds is 6. The Hall–Kier alpha value is -1.41. The Bertz CT molecular complexity index is 551. The summed E-state index contributed by atoms with van der Waals surface area (Å²) in [5.41, 5.74) is 0.421. The zero-order valence-corrected chi connectivity index (χ0v) is 15.8. The number of hydrogen-bond donors (Lipinski definition) is 2. The molecule has 24 heavy (non-hydrogen) atoms. The van der Waals surface area contributed by atoms with Crippen LogP contribution in [0.4, 0.5) is 0 Å². The van der Waals surface area contributed by atoms with Crippen LogP contribution in [0.1, 0.15) is 54.4 Å². The third-order valence-corrected chi connectivity index (χ3v) is 4.95. The fourth-order valence-electron chi connectivity index (χ4n) is 2.50. The van der Waals surface area contributed by atoms with E-state index in [0.29, 0.717) is 5.01 Å². The summed E-state index contributed by atoms with van der Waals surface area (Å²) in [6.45, 7) is 9.91. The summed E-state index contributed by atoms with van der Waals surface area (Å²) in [6, 6.07) is 0. The average Bonchev–Trinajstić information content (AvgIpc) is 2.63. The van der Waals surface area contributed by atoms with Crippen molar-refractivity contribution in [2.24, 2.45) is 11.3 Å². The van der Waals surface area contributed by atoms with Crippen LogP contribution in [0.2, 0.25) is 0 Å². The van der Waals surface area contributed by atoms with Gasteiger partial charge in [-0.2, -0.15) is 5.01 Å². The maximum absolute atomic E-state index is 12.5. The Morgan fingerprint density at radius 1 is 1.29 bits per heavy atom. The third kappa shape index (κ3) is 5.31. The van der Waals surface area contributed by atoms with E-state index in [4.69, 9.17) is 0 Å². The van der Waals surface area contributed by atoms with Crippen LogP contribution in [-0.4, -0.2) is 43.8 Å². The number of amides is 3. The van der Waals surface area contributed by atoms with E-state index in [1.54, 1.807) is 41.5 Å². The highest BCUT2D eigenvalue weighted by Gasteiger charge is 2.44. The molecule has 1 aliphatic rings. The Morgan fingerprint density at radius 2 is 1.83 bits per heavy atom. The van der Waals surface area contributed by atoms with E-state index in [9.17, 15) is 24.3 Å². The molecule has 0 aromatic carbocycles. The van der Waals surface area contributed by atoms with E-state index < -0.39 is 34.0 Å². The molecule has 8 heteroatoms. The molecule has 1 unspecified atom stereocenters. The third-order valence-electron chi connectivity index (χ3n) is 3.53. The van der Waals surface area contributed by atoms with Crippen LogP contribution < -0.4 is 5.43 Å². The van der Waals surface area contributed by atoms with Crippen molar-refractivity contribution in [1.29, 1.82) is 0 Å². The van der Waals surface area contributed by atoms with E-state index in [1.807, 2.05) is 0 Å². The molecular formula is C16H26N2O5S. The quantitative estimate of drug-likeness (QED) is 0.693. The molecule has 1 aliphatic heterocycles. The van der Waals surface area contributed by atoms with Crippen molar-refractivity contribution in [1.82, 2.24) is 10.4 Å². The SMILES string of the molecule is CC(C)C(=O)NN1C(=O)CC(SC(=O)C(C)(C)CC(C)(C)O)C1=O. The highest BCUT2D eigenvalue weighted by atomic mass is 32.2. The van der Waals surface area contributed by atoms with Crippen LogP contribution in [0.15, 0.2) is 0 Å². The predicted molar refractivity (Wildman–Crippen MR) is 90.5 cm³/mol. The normalized spacial score (nSPS) is 19.2. The van der Waals surface area contributed by atoms with Gasteiger partial charge in [-0.05, 0) is 20.3 Å². The molecule has 0 bridgehead atoms. The van der Waals surface area contributed by atoms with Crippen LogP contribution in [0.5, 0.6) is 0 Å². The first-order chi connectivity index (χ1) is 10.7. The molecule has 1 saturated heterocycles. The molecule has 3 amide bonds. The van der Waals surface area contributed by atoms with Gasteiger partial charge in [0.05, 0.1) is 12.0 Å². The van der Waals surface area contributed by atoms with Gasteiger partial charge in [-0.15, -0.1) is 0 Å². The molecule has 2 N–H and O–H groups in total. The minimum Gasteiger partial charge on any atom is -0.390 e. The highest BCUT2D eigenvalue weighted by Crippen LogP contribution is 2.36. The lowest BCUT2D eigenvalue weighted by Gasteiger charge is -2.30. The number of nitrogens with one attached hydrogen (secondary N) is 1. The summed E-state index contributed by atoms with van der Waals surface area (Å²) in [5.74, 6) is -1.92. The summed E-state index contributed by atoms with van der Waals surface area (Å²) < 4.78 is 0. The predicted octanol–water partition coefficient (Wildman–Crippen LogP) is 1.25. The van der Waals surface area contributed by atoms with E-state index in [1.165, 1.54) is 0 Å². The van der Waals surface area contributed by atoms with Gasteiger partial charge in [-0.25, -0.2) is 0 Å². The van der Waals surface area contributed by atoms with Crippen molar-refractivity contribution in [3.63, 3.8) is 0 Å². The summed E-state index contributed by atoms with van der Waals surface area (Å²) in [6.07, 6.45) is 0.0979. The van der Waals surface area contributed by atoms with Gasteiger partial charge < -0.3 is 5.11 Å². The number of aliphatic hydroxyl groups is 1. The molecular weight excluding hydrogens is 332 g/mol. The van der Waals surface area contributed by atoms with Crippen LogP contribution in [0, 0.1) is 11.3 Å². The molecule has 1 heterocycles. The topological polar surface area (TPSA) is 104 Å². The molecule has 7 nitrogen and oxygen atoms in total. The van der Waals surface area contributed by atoms with E-state index in [2.05, 4.69) is 5.43 Å². The number of carbonyl (C=O) groups excluding carboxylic acids is 4. The zero-order valence-electron chi connectivity index (χ0n) is 15.0. The average molecular weight is 358 g/mol. The van der Waals surface area contributed by atoms with E-state index >= 15 is 0 Å². The first-order valence-corrected chi connectivity index (χ1v) is 8.73. The van der Waals surface area contributed by atoms with Gasteiger partial charge in [0.1, 0.15) is 5.25 Å². The smallest absolute Gasteiger partial charge is 0.262 e. The summed E-state index contributed by atoms with van der Waals surface area (Å²) in [7, 11) is 0. The second-order valence-electron chi connectivity index (χ2n) is 7.67. The Balaban J connectivity index is 2.76. The molecule has 136 valence electrons. The van der Waals surface area contributed by atoms with E-state index in [0.717, 1.165) is 11.8 Å². The molecule has 0 saturated carbocycles. The molecule has 0 aromatic heterocycles. The number of imide groups is 1. The Labute approximate surface area is 146 Å². The number of nitrogens with zero attached hydrogens (tertiary/aromatic N) is 1. The summed E-state index contributed by atoms with van der Waals surface area (Å²) in [5, 5.41) is 9.50. The van der Waals surface area contributed by atoms with Crippen molar-refractivity contribution >= 4 is 34.6 Å². The molecule has 0 spiro atoms. The molecule has 1 fully saturated rings. The standard InChI is InChI=1S/C16H26N2O5S/c1-9(2)12(20)17-18-11(19)7-10(13(18)21)24-14(22)15(3,4)8-16(5,6)23/h9-10,23H,7-8H2,1-6H3,(H,17,20). The Morgan fingerprint density at radius 3 is 2.29 bits per heavy atom. The van der Waals surface area contributed by atoms with Crippen LogP contribution >= 0.6 is 11.8 Å². The molecule has 0 aliphatic carbocycles. The first kappa shape index (κ1) is 20.6.